The molecule has 0 aliphatic carbocycles. The van der Waals surface area contributed by atoms with Crippen molar-refractivity contribution in [3.63, 3.8) is 0 Å². The quantitative estimate of drug-likeness (QED) is 0.129. The molecule has 0 spiro atoms. The first-order valence-electron chi connectivity index (χ1n) is 14.3. The van der Waals surface area contributed by atoms with Crippen LogP contribution in [0.3, 0.4) is 0 Å². The van der Waals surface area contributed by atoms with Crippen molar-refractivity contribution in [3.05, 3.63) is 52.7 Å². The molecule has 0 saturated carbocycles. The van der Waals surface area contributed by atoms with Crippen LogP contribution in [0.5, 0.6) is 0 Å². The van der Waals surface area contributed by atoms with Crippen molar-refractivity contribution >= 4 is 78.2 Å². The zero-order chi connectivity index (χ0) is 28.5. The van der Waals surface area contributed by atoms with Crippen molar-refractivity contribution in [2.24, 2.45) is 11.8 Å². The molecule has 0 bridgehead atoms. The summed E-state index contributed by atoms with van der Waals surface area (Å²) in [6, 6.07) is 8.18. The lowest BCUT2D eigenvalue weighted by Crippen LogP contribution is -2.33. The van der Waals surface area contributed by atoms with Gasteiger partial charge in [0.1, 0.15) is 0 Å². The van der Waals surface area contributed by atoms with Gasteiger partial charge in [0.2, 0.25) is 6.41 Å². The number of nitrogens with zero attached hydrogens (tertiary/aromatic N) is 2. The predicted molar refractivity (Wildman–Crippen MR) is 175 cm³/mol. The number of carbonyl (C=O) groups is 2. The maximum absolute atomic E-state index is 14.5. The van der Waals surface area contributed by atoms with E-state index in [-0.39, 0.29) is 5.91 Å². The van der Waals surface area contributed by atoms with Gasteiger partial charge in [0, 0.05) is 13.1 Å². The van der Waals surface area contributed by atoms with E-state index in [1.54, 1.807) is 22.7 Å². The summed E-state index contributed by atoms with van der Waals surface area (Å²) in [5.74, 6) is 0.826. The maximum Gasteiger partial charge on any atom is 0.260 e. The van der Waals surface area contributed by atoms with E-state index in [0.717, 1.165) is 92.1 Å². The van der Waals surface area contributed by atoms with Crippen molar-refractivity contribution < 1.29 is 9.59 Å². The van der Waals surface area contributed by atoms with E-state index in [0.29, 0.717) is 30.5 Å². The number of amides is 2. The van der Waals surface area contributed by atoms with Gasteiger partial charge in [0.05, 0.1) is 34.3 Å². The second-order valence-corrected chi connectivity index (χ2v) is 15.3. The van der Waals surface area contributed by atoms with E-state index >= 15 is 0 Å². The van der Waals surface area contributed by atoms with Crippen LogP contribution >= 0.6 is 54.5 Å². The van der Waals surface area contributed by atoms with Crippen LogP contribution in [0.4, 0.5) is 0 Å². The molecule has 0 aromatic carbocycles. The SMILES string of the molecule is CCCCC(CC)CN1C(=O)/C(=C(\c2ccc(Br)s2)N(C=O)CC(CC)CCCC)C(C)=C1c1ccc(Br)s1. The van der Waals surface area contributed by atoms with E-state index in [1.807, 2.05) is 28.0 Å². The third-order valence-corrected chi connectivity index (χ3v) is 11.0. The van der Waals surface area contributed by atoms with Crippen LogP contribution in [0.1, 0.15) is 95.7 Å². The summed E-state index contributed by atoms with van der Waals surface area (Å²) in [6.45, 7) is 12.2. The Morgan fingerprint density at radius 1 is 0.949 bits per heavy atom. The molecule has 0 N–H and O–H groups in total. The summed E-state index contributed by atoms with van der Waals surface area (Å²) in [5.41, 5.74) is 3.34. The molecule has 2 unspecified atom stereocenters. The highest BCUT2D eigenvalue weighted by Gasteiger charge is 2.39. The molecule has 3 heterocycles. The Labute approximate surface area is 259 Å². The maximum atomic E-state index is 14.5. The Morgan fingerprint density at radius 2 is 1.56 bits per heavy atom. The second-order valence-electron chi connectivity index (χ2n) is 10.4. The molecule has 2 aromatic heterocycles. The minimum absolute atomic E-state index is 0.00921. The number of rotatable bonds is 16. The van der Waals surface area contributed by atoms with Crippen molar-refractivity contribution in [1.82, 2.24) is 9.80 Å². The van der Waals surface area contributed by atoms with Crippen LogP contribution in [0, 0.1) is 11.8 Å². The normalized spacial score (nSPS) is 16.7. The first-order valence-corrected chi connectivity index (χ1v) is 17.5. The number of carbonyl (C=O) groups excluding carboxylic acids is 2. The molecule has 2 aromatic rings. The zero-order valence-electron chi connectivity index (χ0n) is 23.9. The third kappa shape index (κ3) is 7.96. The first kappa shape index (κ1) is 32.3. The third-order valence-electron chi connectivity index (χ3n) is 7.71. The van der Waals surface area contributed by atoms with Crippen LogP contribution in [-0.4, -0.2) is 35.2 Å². The van der Waals surface area contributed by atoms with E-state index in [2.05, 4.69) is 72.5 Å². The molecule has 0 radical (unpaired) electrons. The Bertz CT molecular complexity index is 1180. The van der Waals surface area contributed by atoms with Gasteiger partial charge in [-0.25, -0.2) is 0 Å². The minimum Gasteiger partial charge on any atom is -0.313 e. The standard InChI is InChI=1S/C31H42Br2N2O2S2/c1-6-10-12-22(8-3)18-34(20-36)30(25-15-17-27(33)39-25)28-21(5)29(24-14-16-26(32)38-24)35(31(28)37)19-23(9-4)13-11-7-2/h14-17,20,22-23H,6-13,18-19H2,1-5H3/b30-28+. The summed E-state index contributed by atoms with van der Waals surface area (Å²) < 4.78 is 2.02. The number of thiophene rings is 2. The van der Waals surface area contributed by atoms with Gasteiger partial charge in [-0.1, -0.05) is 66.2 Å². The molecule has 2 amide bonds. The molecule has 2 atom stereocenters. The highest BCUT2D eigenvalue weighted by atomic mass is 79.9. The number of hydrogen-bond donors (Lipinski definition) is 0. The number of unbranched alkanes of at least 4 members (excludes halogenated alkanes) is 2. The molecule has 3 rings (SSSR count). The zero-order valence-corrected chi connectivity index (χ0v) is 28.7. The van der Waals surface area contributed by atoms with Crippen molar-refractivity contribution in [1.29, 1.82) is 0 Å². The van der Waals surface area contributed by atoms with Crippen molar-refractivity contribution in [2.45, 2.75) is 86.0 Å². The molecular weight excluding hydrogens is 656 g/mol. The van der Waals surface area contributed by atoms with E-state index < -0.39 is 0 Å². The molecule has 214 valence electrons. The largest absolute Gasteiger partial charge is 0.313 e. The van der Waals surface area contributed by atoms with Crippen LogP contribution in [0.25, 0.3) is 11.4 Å². The van der Waals surface area contributed by atoms with Gasteiger partial charge in [-0.05, 0) is 93.3 Å². The molecule has 39 heavy (non-hydrogen) atoms. The smallest absolute Gasteiger partial charge is 0.260 e. The number of halogens is 2. The van der Waals surface area contributed by atoms with Crippen LogP contribution in [-0.2, 0) is 9.59 Å². The molecule has 0 saturated heterocycles. The fourth-order valence-electron chi connectivity index (χ4n) is 5.34. The van der Waals surface area contributed by atoms with Crippen molar-refractivity contribution in [2.75, 3.05) is 13.1 Å². The van der Waals surface area contributed by atoms with Gasteiger partial charge in [-0.2, -0.15) is 0 Å². The minimum atomic E-state index is 0.00921. The highest BCUT2D eigenvalue weighted by Crippen LogP contribution is 2.45. The van der Waals surface area contributed by atoms with Crippen LogP contribution in [0.2, 0.25) is 0 Å². The van der Waals surface area contributed by atoms with Gasteiger partial charge in [0.15, 0.2) is 0 Å². The van der Waals surface area contributed by atoms with Gasteiger partial charge < -0.3 is 9.80 Å². The topological polar surface area (TPSA) is 40.6 Å². The van der Waals surface area contributed by atoms with Gasteiger partial charge in [0.25, 0.3) is 5.91 Å². The van der Waals surface area contributed by atoms with Crippen molar-refractivity contribution in [3.8, 4) is 0 Å². The van der Waals surface area contributed by atoms with Gasteiger partial charge >= 0.3 is 0 Å². The fourth-order valence-corrected chi connectivity index (χ4v) is 8.29. The predicted octanol–water partition coefficient (Wildman–Crippen LogP) is 10.2. The lowest BCUT2D eigenvalue weighted by atomic mass is 9.97. The Hall–Kier alpha value is -1.22. The van der Waals surface area contributed by atoms with E-state index in [1.165, 1.54) is 0 Å². The van der Waals surface area contributed by atoms with Gasteiger partial charge in [-0.3, -0.25) is 9.59 Å². The monoisotopic (exact) mass is 696 g/mol. The summed E-state index contributed by atoms with van der Waals surface area (Å²) in [7, 11) is 0. The van der Waals surface area contributed by atoms with E-state index in [9.17, 15) is 9.59 Å². The molecule has 8 heteroatoms. The second kappa shape index (κ2) is 15.7. The Kier molecular flexibility index (Phi) is 13.0. The average Bonchev–Trinajstić information content (AvgIpc) is 3.61. The van der Waals surface area contributed by atoms with Crippen LogP contribution in [0.15, 0.2) is 43.0 Å². The summed E-state index contributed by atoms with van der Waals surface area (Å²) >= 11 is 10.5. The molecule has 1 aliphatic heterocycles. The van der Waals surface area contributed by atoms with Gasteiger partial charge in [-0.15, -0.1) is 22.7 Å². The van der Waals surface area contributed by atoms with E-state index in [4.69, 9.17) is 0 Å². The Morgan fingerprint density at radius 3 is 2.08 bits per heavy atom. The summed E-state index contributed by atoms with van der Waals surface area (Å²) in [6.07, 6.45) is 9.74. The lowest BCUT2D eigenvalue weighted by Gasteiger charge is -2.28. The fraction of sp³-hybridized carbons (Fsp3) is 0.548. The summed E-state index contributed by atoms with van der Waals surface area (Å²) in [4.78, 5) is 33.0. The summed E-state index contributed by atoms with van der Waals surface area (Å²) in [5, 5.41) is 0. The lowest BCUT2D eigenvalue weighted by molar-refractivity contribution is -0.123. The number of hydrogen-bond acceptors (Lipinski definition) is 4. The first-order chi connectivity index (χ1) is 18.8. The molecule has 0 fully saturated rings. The average molecular weight is 699 g/mol. The molecule has 1 aliphatic rings. The molecule has 4 nitrogen and oxygen atoms in total. The van der Waals surface area contributed by atoms with Crippen LogP contribution < -0.4 is 0 Å². The Balaban J connectivity index is 2.20. The molecular formula is C31H42Br2N2O2S2. The highest BCUT2D eigenvalue weighted by molar-refractivity contribution is 9.11.